The van der Waals surface area contributed by atoms with Gasteiger partial charge in [-0.1, -0.05) is 32.6 Å². The lowest BCUT2D eigenvalue weighted by Crippen LogP contribution is -1.97. The van der Waals surface area contributed by atoms with Gasteiger partial charge in [-0.05, 0) is 43.0 Å². The van der Waals surface area contributed by atoms with Gasteiger partial charge in [-0.3, -0.25) is 0 Å². The topological polar surface area (TPSA) is 25.8 Å². The molecule has 1 aromatic heterocycles. The molecule has 0 aliphatic heterocycles. The van der Waals surface area contributed by atoms with Crippen molar-refractivity contribution in [3.05, 3.63) is 47.0 Å². The number of nitrogens with zero attached hydrogens (tertiary/aromatic N) is 2. The van der Waals surface area contributed by atoms with Gasteiger partial charge < -0.3 is 0 Å². The van der Waals surface area contributed by atoms with Gasteiger partial charge in [0.15, 0.2) is 5.82 Å². The Hall–Kier alpha value is -1.84. The van der Waals surface area contributed by atoms with Crippen molar-refractivity contribution in [2.45, 2.75) is 59.0 Å². The number of benzene rings is 1. The molecular formula is C19H24F2N2. The van der Waals surface area contributed by atoms with E-state index < -0.39 is 12.5 Å². The predicted molar refractivity (Wildman–Crippen MR) is 89.4 cm³/mol. The average molecular weight is 318 g/mol. The number of alkyl halides is 1. The number of halogens is 2. The van der Waals surface area contributed by atoms with E-state index in [0.717, 1.165) is 18.4 Å². The van der Waals surface area contributed by atoms with Gasteiger partial charge in [0.05, 0.1) is 0 Å². The van der Waals surface area contributed by atoms with Crippen molar-refractivity contribution in [3.8, 4) is 11.4 Å². The highest BCUT2D eigenvalue weighted by Gasteiger charge is 2.10. The van der Waals surface area contributed by atoms with Crippen molar-refractivity contribution in [2.75, 3.05) is 0 Å². The molecule has 0 radical (unpaired) electrons. The third-order valence-electron chi connectivity index (χ3n) is 4.08. The van der Waals surface area contributed by atoms with E-state index in [1.807, 2.05) is 0 Å². The molecule has 124 valence electrons. The van der Waals surface area contributed by atoms with Crippen molar-refractivity contribution >= 4 is 0 Å². The number of aromatic nitrogens is 2. The Labute approximate surface area is 137 Å². The highest BCUT2D eigenvalue weighted by Crippen LogP contribution is 2.23. The van der Waals surface area contributed by atoms with Crippen LogP contribution in [0.5, 0.6) is 0 Å². The number of hydrogen-bond acceptors (Lipinski definition) is 2. The second-order valence-electron chi connectivity index (χ2n) is 5.97. The molecule has 4 heteroatoms. The second-order valence-corrected chi connectivity index (χ2v) is 5.97. The van der Waals surface area contributed by atoms with Gasteiger partial charge in [0, 0.05) is 23.5 Å². The molecule has 1 heterocycles. The lowest BCUT2D eigenvalue weighted by atomic mass is 10.0. The van der Waals surface area contributed by atoms with Crippen molar-refractivity contribution in [2.24, 2.45) is 0 Å². The number of rotatable bonds is 8. The average Bonchev–Trinajstić information content (AvgIpc) is 2.55. The minimum absolute atomic E-state index is 0.109. The summed E-state index contributed by atoms with van der Waals surface area (Å²) in [6.07, 6.45) is 10.8. The van der Waals surface area contributed by atoms with Gasteiger partial charge in [0.25, 0.3) is 0 Å². The minimum Gasteiger partial charge on any atom is -0.246 e. The summed E-state index contributed by atoms with van der Waals surface area (Å²) in [5, 5.41) is 0. The molecule has 0 aliphatic carbocycles. The van der Waals surface area contributed by atoms with Crippen LogP contribution in [-0.2, 0) is 13.1 Å². The summed E-state index contributed by atoms with van der Waals surface area (Å²) in [6.45, 7) is 3.11. The summed E-state index contributed by atoms with van der Waals surface area (Å²) in [7, 11) is 0. The SMILES string of the molecule is CCCCCCCc1cnc(-c2cc(C)c(CF)c(F)c2)nc1. The van der Waals surface area contributed by atoms with Crippen LogP contribution in [0.15, 0.2) is 24.5 Å². The van der Waals surface area contributed by atoms with Crippen LogP contribution in [0.1, 0.15) is 55.7 Å². The second kappa shape index (κ2) is 8.70. The lowest BCUT2D eigenvalue weighted by Gasteiger charge is -2.07. The first-order valence-electron chi connectivity index (χ1n) is 8.32. The smallest absolute Gasteiger partial charge is 0.159 e. The van der Waals surface area contributed by atoms with Crippen molar-refractivity contribution in [1.29, 1.82) is 0 Å². The standard InChI is InChI=1S/C19H24F2N2/c1-3-4-5-6-7-8-15-12-22-19(23-13-15)16-9-14(2)17(11-20)18(21)10-16/h9-10,12-13H,3-8,11H2,1-2H3. The molecule has 0 fully saturated rings. The van der Waals surface area contributed by atoms with Crippen LogP contribution >= 0.6 is 0 Å². The summed E-state index contributed by atoms with van der Waals surface area (Å²) in [4.78, 5) is 8.66. The summed E-state index contributed by atoms with van der Waals surface area (Å²) in [5.74, 6) is -0.0572. The molecule has 2 nitrogen and oxygen atoms in total. The molecule has 1 aromatic carbocycles. The molecule has 0 atom stereocenters. The summed E-state index contributed by atoms with van der Waals surface area (Å²) in [5.41, 5.74) is 2.39. The van der Waals surface area contributed by atoms with Gasteiger partial charge >= 0.3 is 0 Å². The zero-order valence-corrected chi connectivity index (χ0v) is 13.9. The molecule has 0 spiro atoms. The zero-order chi connectivity index (χ0) is 16.7. The van der Waals surface area contributed by atoms with E-state index in [9.17, 15) is 8.78 Å². The number of unbranched alkanes of at least 4 members (excludes halogenated alkanes) is 4. The molecule has 0 saturated heterocycles. The quantitative estimate of drug-likeness (QED) is 0.594. The van der Waals surface area contributed by atoms with Crippen molar-refractivity contribution < 1.29 is 8.78 Å². The Morgan fingerprint density at radius 3 is 2.30 bits per heavy atom. The molecular weight excluding hydrogens is 294 g/mol. The fourth-order valence-corrected chi connectivity index (χ4v) is 2.64. The molecule has 2 rings (SSSR count). The first-order chi connectivity index (χ1) is 11.2. The molecule has 0 amide bonds. The highest BCUT2D eigenvalue weighted by atomic mass is 19.1. The largest absolute Gasteiger partial charge is 0.246 e. The maximum atomic E-state index is 13.8. The Morgan fingerprint density at radius 1 is 1.00 bits per heavy atom. The number of aryl methyl sites for hydroxylation is 2. The van der Waals surface area contributed by atoms with Gasteiger partial charge in [-0.2, -0.15) is 0 Å². The van der Waals surface area contributed by atoms with Crippen LogP contribution in [-0.4, -0.2) is 9.97 Å². The van der Waals surface area contributed by atoms with E-state index in [1.54, 1.807) is 25.4 Å². The van der Waals surface area contributed by atoms with Gasteiger partial charge in [0.1, 0.15) is 12.5 Å². The van der Waals surface area contributed by atoms with Gasteiger partial charge in [0.2, 0.25) is 0 Å². The van der Waals surface area contributed by atoms with Gasteiger partial charge in [-0.25, -0.2) is 18.7 Å². The van der Waals surface area contributed by atoms with Crippen LogP contribution in [0.3, 0.4) is 0 Å². The summed E-state index contributed by atoms with van der Waals surface area (Å²) >= 11 is 0. The van der Waals surface area contributed by atoms with Crippen molar-refractivity contribution in [1.82, 2.24) is 9.97 Å². The van der Waals surface area contributed by atoms with Crippen LogP contribution in [0.25, 0.3) is 11.4 Å². The first kappa shape index (κ1) is 17.5. The number of hydrogen-bond donors (Lipinski definition) is 0. The minimum atomic E-state index is -0.796. The maximum Gasteiger partial charge on any atom is 0.159 e. The molecule has 0 unspecified atom stereocenters. The highest BCUT2D eigenvalue weighted by molar-refractivity contribution is 5.57. The van der Waals surface area contributed by atoms with Crippen molar-refractivity contribution in [3.63, 3.8) is 0 Å². The fraction of sp³-hybridized carbons (Fsp3) is 0.474. The molecule has 0 bridgehead atoms. The van der Waals surface area contributed by atoms with Crippen LogP contribution < -0.4 is 0 Å². The molecule has 0 saturated carbocycles. The van der Waals surface area contributed by atoms with Crippen LogP contribution in [0.2, 0.25) is 0 Å². The lowest BCUT2D eigenvalue weighted by molar-refractivity contribution is 0.462. The van der Waals surface area contributed by atoms with E-state index >= 15 is 0 Å². The van der Waals surface area contributed by atoms with Crippen LogP contribution in [0.4, 0.5) is 8.78 Å². The normalized spacial score (nSPS) is 11.0. The fourth-order valence-electron chi connectivity index (χ4n) is 2.64. The molecule has 0 N–H and O–H groups in total. The Balaban J connectivity index is 2.02. The first-order valence-corrected chi connectivity index (χ1v) is 8.32. The Bertz CT molecular complexity index is 601. The molecule has 2 aromatic rings. The third-order valence-corrected chi connectivity index (χ3v) is 4.08. The third kappa shape index (κ3) is 4.81. The summed E-state index contributed by atoms with van der Waals surface area (Å²) in [6, 6.07) is 3.04. The van der Waals surface area contributed by atoms with E-state index in [0.29, 0.717) is 17.0 Å². The van der Waals surface area contributed by atoms with E-state index in [4.69, 9.17) is 0 Å². The van der Waals surface area contributed by atoms with Crippen LogP contribution in [0, 0.1) is 12.7 Å². The maximum absolute atomic E-state index is 13.8. The van der Waals surface area contributed by atoms with Gasteiger partial charge in [-0.15, -0.1) is 0 Å². The molecule has 0 aliphatic rings. The monoisotopic (exact) mass is 318 g/mol. The van der Waals surface area contributed by atoms with E-state index in [2.05, 4.69) is 16.9 Å². The zero-order valence-electron chi connectivity index (χ0n) is 13.9. The molecule has 23 heavy (non-hydrogen) atoms. The Kier molecular flexibility index (Phi) is 6.63. The van der Waals surface area contributed by atoms with E-state index in [-0.39, 0.29) is 5.56 Å². The van der Waals surface area contributed by atoms with E-state index in [1.165, 1.54) is 31.7 Å². The predicted octanol–water partition coefficient (Wildman–Crippen LogP) is 5.57. The summed E-state index contributed by atoms with van der Waals surface area (Å²) < 4.78 is 26.6. The Morgan fingerprint density at radius 2 is 1.70 bits per heavy atom.